The zero-order chi connectivity index (χ0) is 39.5. The molecule has 0 aliphatic rings. The fraction of sp³-hybridized carbons (Fsp3) is 0. The second-order valence-corrected chi connectivity index (χ2v) is 14.8. The Morgan fingerprint density at radius 2 is 0.966 bits per heavy atom. The van der Waals surface area contributed by atoms with Gasteiger partial charge in [0, 0.05) is 55.4 Å². The summed E-state index contributed by atoms with van der Waals surface area (Å²) in [6, 6.07) is 68.0. The largest absolute Gasteiger partial charge is 0.455 e. The summed E-state index contributed by atoms with van der Waals surface area (Å²) in [4.78, 5) is 2.21. The number of hydrogen-bond donors (Lipinski definition) is 0. The molecule has 5 heteroatoms. The Bertz CT molecular complexity index is 3340. The average Bonchev–Trinajstić information content (AvgIpc) is 3.83. The summed E-state index contributed by atoms with van der Waals surface area (Å²) >= 11 is 0. The van der Waals surface area contributed by atoms with E-state index >= 15 is 0 Å². The Hall–Kier alpha value is -7.76. The van der Waals surface area contributed by atoms with Crippen LogP contribution in [0.2, 0.25) is 0 Å². The van der Waals surface area contributed by atoms with Gasteiger partial charge in [-0.05, 0) is 107 Å². The molecule has 0 aliphatic carbocycles. The highest BCUT2D eigenvalue weighted by Crippen LogP contribution is 2.41. The Labute approximate surface area is 339 Å². The molecule has 0 fully saturated rings. The molecular formula is C54H34F2N2O. The van der Waals surface area contributed by atoms with E-state index in [1.54, 1.807) is 18.2 Å². The van der Waals surface area contributed by atoms with Crippen molar-refractivity contribution in [3.05, 3.63) is 218 Å². The molecule has 9 aromatic carbocycles. The lowest BCUT2D eigenvalue weighted by Gasteiger charge is -2.26. The maximum absolute atomic E-state index is 14.8. The number of fused-ring (bicyclic) bond motifs is 6. The van der Waals surface area contributed by atoms with Gasteiger partial charge in [0.25, 0.3) is 0 Å². The third-order valence-corrected chi connectivity index (χ3v) is 11.4. The van der Waals surface area contributed by atoms with Crippen LogP contribution in [-0.4, -0.2) is 4.57 Å². The summed E-state index contributed by atoms with van der Waals surface area (Å²) in [5, 5.41) is 4.29. The highest BCUT2D eigenvalue weighted by molar-refractivity contribution is 6.10. The van der Waals surface area contributed by atoms with Crippen molar-refractivity contribution in [2.45, 2.75) is 0 Å². The molecule has 280 valence electrons. The molecule has 0 aliphatic heterocycles. The van der Waals surface area contributed by atoms with E-state index in [0.717, 1.165) is 94.3 Å². The molecule has 3 nitrogen and oxygen atoms in total. The number of halogens is 2. The van der Waals surface area contributed by atoms with E-state index in [0.29, 0.717) is 5.56 Å². The molecule has 2 heterocycles. The standard InChI is InChI=1S/C54H34F2N2O/c55-39-25-32-47-46-12-2-5-17-51(46)58(52(47)34-39)43-10-7-9-38(33-43)35-19-26-40(27-20-35)57(41-28-21-36(22-29-41)44-11-1-4-16-50(44)56)42-30-23-37(24-31-42)45-14-8-15-49-48-13-3-6-18-53(48)59-54(45)49/h1-34H. The van der Waals surface area contributed by atoms with E-state index in [1.165, 1.54) is 12.1 Å². The molecule has 0 atom stereocenters. The van der Waals surface area contributed by atoms with Crippen LogP contribution >= 0.6 is 0 Å². The zero-order valence-corrected chi connectivity index (χ0v) is 31.7. The maximum atomic E-state index is 14.8. The van der Waals surface area contributed by atoms with Gasteiger partial charge in [0.05, 0.1) is 11.0 Å². The van der Waals surface area contributed by atoms with Gasteiger partial charge in [-0.2, -0.15) is 0 Å². The number of anilines is 3. The predicted octanol–water partition coefficient (Wildman–Crippen LogP) is 15.4. The molecule has 0 bridgehead atoms. The minimum atomic E-state index is -0.266. The predicted molar refractivity (Wildman–Crippen MR) is 239 cm³/mol. The Morgan fingerprint density at radius 1 is 0.390 bits per heavy atom. The molecular weight excluding hydrogens is 731 g/mol. The van der Waals surface area contributed by atoms with Gasteiger partial charge in [-0.1, -0.05) is 121 Å². The SMILES string of the molecule is Fc1ccc2c3ccccc3n(-c3cccc(-c4ccc(N(c5ccc(-c6ccccc6F)cc5)c5ccc(-c6cccc7c6oc6ccccc67)cc5)cc4)c3)c2c1. The molecule has 11 rings (SSSR count). The highest BCUT2D eigenvalue weighted by Gasteiger charge is 2.18. The second-order valence-electron chi connectivity index (χ2n) is 14.8. The van der Waals surface area contributed by atoms with Gasteiger partial charge >= 0.3 is 0 Å². The van der Waals surface area contributed by atoms with Crippen LogP contribution in [0.1, 0.15) is 0 Å². The summed E-state index contributed by atoms with van der Waals surface area (Å²) in [7, 11) is 0. The number of benzene rings is 9. The van der Waals surface area contributed by atoms with Crippen LogP contribution in [0.25, 0.3) is 82.8 Å². The minimum absolute atomic E-state index is 0.253. The minimum Gasteiger partial charge on any atom is -0.455 e. The highest BCUT2D eigenvalue weighted by atomic mass is 19.1. The lowest BCUT2D eigenvalue weighted by molar-refractivity contribution is 0.629. The van der Waals surface area contributed by atoms with Gasteiger partial charge in [-0.25, -0.2) is 8.78 Å². The van der Waals surface area contributed by atoms with Gasteiger partial charge < -0.3 is 13.9 Å². The van der Waals surface area contributed by atoms with Crippen LogP contribution in [0.3, 0.4) is 0 Å². The smallest absolute Gasteiger partial charge is 0.143 e. The molecule has 0 N–H and O–H groups in total. The summed E-state index contributed by atoms with van der Waals surface area (Å²) in [6.45, 7) is 0. The van der Waals surface area contributed by atoms with Crippen LogP contribution in [0.4, 0.5) is 25.8 Å². The van der Waals surface area contributed by atoms with E-state index in [1.807, 2.05) is 66.7 Å². The van der Waals surface area contributed by atoms with E-state index in [2.05, 4.69) is 119 Å². The molecule has 0 spiro atoms. The number of aromatic nitrogens is 1. The van der Waals surface area contributed by atoms with Crippen LogP contribution < -0.4 is 4.90 Å². The first kappa shape index (κ1) is 34.5. The number of furan rings is 1. The second kappa shape index (κ2) is 14.0. The quantitative estimate of drug-likeness (QED) is 0.161. The fourth-order valence-electron chi connectivity index (χ4n) is 8.55. The fourth-order valence-corrected chi connectivity index (χ4v) is 8.55. The van der Waals surface area contributed by atoms with Crippen LogP contribution in [0.5, 0.6) is 0 Å². The Kier molecular flexibility index (Phi) is 8.19. The van der Waals surface area contributed by atoms with Gasteiger partial charge in [-0.3, -0.25) is 0 Å². The summed E-state index contributed by atoms with van der Waals surface area (Å²) in [5.41, 5.74) is 13.0. The number of rotatable bonds is 7. The third-order valence-electron chi connectivity index (χ3n) is 11.4. The van der Waals surface area contributed by atoms with Crippen molar-refractivity contribution in [3.8, 4) is 39.1 Å². The van der Waals surface area contributed by atoms with Crippen molar-refractivity contribution >= 4 is 60.8 Å². The maximum Gasteiger partial charge on any atom is 0.143 e. The van der Waals surface area contributed by atoms with Gasteiger partial charge in [0.1, 0.15) is 22.8 Å². The van der Waals surface area contributed by atoms with Crippen molar-refractivity contribution in [1.29, 1.82) is 0 Å². The van der Waals surface area contributed by atoms with Gasteiger partial charge in [-0.15, -0.1) is 0 Å². The molecule has 59 heavy (non-hydrogen) atoms. The lowest BCUT2D eigenvalue weighted by atomic mass is 10.0. The van der Waals surface area contributed by atoms with E-state index in [4.69, 9.17) is 4.42 Å². The van der Waals surface area contributed by atoms with Crippen LogP contribution in [0.15, 0.2) is 211 Å². The molecule has 11 aromatic rings. The molecule has 0 unspecified atom stereocenters. The van der Waals surface area contributed by atoms with Crippen molar-refractivity contribution in [1.82, 2.24) is 4.57 Å². The van der Waals surface area contributed by atoms with Crippen LogP contribution in [0, 0.1) is 11.6 Å². The third kappa shape index (κ3) is 5.94. The topological polar surface area (TPSA) is 21.3 Å². The number of para-hydroxylation sites is 3. The van der Waals surface area contributed by atoms with E-state index in [9.17, 15) is 8.78 Å². The van der Waals surface area contributed by atoms with E-state index < -0.39 is 0 Å². The molecule has 2 aromatic heterocycles. The average molecular weight is 765 g/mol. The first-order valence-corrected chi connectivity index (χ1v) is 19.6. The van der Waals surface area contributed by atoms with Crippen molar-refractivity contribution < 1.29 is 13.2 Å². The number of nitrogens with zero attached hydrogens (tertiary/aromatic N) is 2. The first-order chi connectivity index (χ1) is 29.1. The zero-order valence-electron chi connectivity index (χ0n) is 31.7. The normalized spacial score (nSPS) is 11.6. The Morgan fingerprint density at radius 3 is 1.71 bits per heavy atom. The summed E-state index contributed by atoms with van der Waals surface area (Å²) < 4.78 is 37.9. The van der Waals surface area contributed by atoms with Crippen molar-refractivity contribution in [2.75, 3.05) is 4.90 Å². The Balaban J connectivity index is 0.980. The van der Waals surface area contributed by atoms with Gasteiger partial charge in [0.15, 0.2) is 0 Å². The molecule has 0 radical (unpaired) electrons. The van der Waals surface area contributed by atoms with Crippen LogP contribution in [-0.2, 0) is 0 Å². The van der Waals surface area contributed by atoms with Crippen molar-refractivity contribution in [2.24, 2.45) is 0 Å². The summed E-state index contributed by atoms with van der Waals surface area (Å²) in [5.74, 6) is -0.518. The molecule has 0 amide bonds. The summed E-state index contributed by atoms with van der Waals surface area (Å²) in [6.07, 6.45) is 0. The molecule has 0 saturated carbocycles. The van der Waals surface area contributed by atoms with E-state index in [-0.39, 0.29) is 11.6 Å². The lowest BCUT2D eigenvalue weighted by Crippen LogP contribution is -2.09. The van der Waals surface area contributed by atoms with Crippen molar-refractivity contribution in [3.63, 3.8) is 0 Å². The number of hydrogen-bond acceptors (Lipinski definition) is 2. The molecule has 0 saturated heterocycles. The van der Waals surface area contributed by atoms with Gasteiger partial charge in [0.2, 0.25) is 0 Å². The monoisotopic (exact) mass is 764 g/mol. The first-order valence-electron chi connectivity index (χ1n) is 19.6.